The molecule has 106 valence electrons. The Balaban J connectivity index is 1.58. The molecular weight excluding hydrogens is 260 g/mol. The maximum absolute atomic E-state index is 12.0. The van der Waals surface area contributed by atoms with Crippen LogP contribution in [0.15, 0.2) is 29.2 Å². The molecule has 0 aromatic carbocycles. The molecule has 0 spiro atoms. The Bertz CT molecular complexity index is 684. The van der Waals surface area contributed by atoms with Crippen LogP contribution in [-0.2, 0) is 11.3 Å². The zero-order valence-corrected chi connectivity index (χ0v) is 11.0. The van der Waals surface area contributed by atoms with Crippen LogP contribution in [0.2, 0.25) is 0 Å². The van der Waals surface area contributed by atoms with Gasteiger partial charge < -0.3 is 10.0 Å². The van der Waals surface area contributed by atoms with Gasteiger partial charge in [-0.3, -0.25) is 9.20 Å². The predicted molar refractivity (Wildman–Crippen MR) is 71.6 cm³/mol. The van der Waals surface area contributed by atoms with Crippen molar-refractivity contribution in [2.24, 2.45) is 5.92 Å². The Hall–Kier alpha value is -2.15. The molecule has 3 rings (SSSR count). The molecule has 2 aromatic rings. The standard InChI is InChI=1S/C13H16N4O3/c18-12(19)7-10-8-15(9-10)5-6-17-13(20)16-4-2-1-3-11(16)14-17/h1-4,10H,5-9H2,(H,18,19). The van der Waals surface area contributed by atoms with Gasteiger partial charge in [-0.25, -0.2) is 9.48 Å². The number of hydrogen-bond acceptors (Lipinski definition) is 4. The van der Waals surface area contributed by atoms with Crippen LogP contribution in [0.3, 0.4) is 0 Å². The molecule has 0 amide bonds. The largest absolute Gasteiger partial charge is 0.481 e. The molecule has 0 unspecified atom stereocenters. The minimum absolute atomic E-state index is 0.136. The van der Waals surface area contributed by atoms with E-state index < -0.39 is 5.97 Å². The van der Waals surface area contributed by atoms with Crippen LogP contribution in [-0.4, -0.2) is 49.8 Å². The van der Waals surface area contributed by atoms with E-state index in [0.29, 0.717) is 12.2 Å². The monoisotopic (exact) mass is 276 g/mol. The maximum Gasteiger partial charge on any atom is 0.350 e. The molecule has 2 aromatic heterocycles. The fourth-order valence-corrected chi connectivity index (χ4v) is 2.59. The second kappa shape index (κ2) is 5.09. The fraction of sp³-hybridized carbons (Fsp3) is 0.462. The number of aromatic nitrogens is 3. The van der Waals surface area contributed by atoms with E-state index in [-0.39, 0.29) is 18.0 Å². The summed E-state index contributed by atoms with van der Waals surface area (Å²) in [6, 6.07) is 5.44. The summed E-state index contributed by atoms with van der Waals surface area (Å²) in [5.74, 6) is -0.503. The lowest BCUT2D eigenvalue weighted by Crippen LogP contribution is -2.49. The van der Waals surface area contributed by atoms with E-state index in [1.807, 2.05) is 6.07 Å². The molecule has 7 heteroatoms. The van der Waals surface area contributed by atoms with E-state index in [1.165, 1.54) is 9.08 Å². The van der Waals surface area contributed by atoms with Crippen LogP contribution in [0.5, 0.6) is 0 Å². The number of fused-ring (bicyclic) bond motifs is 1. The zero-order valence-electron chi connectivity index (χ0n) is 11.0. The number of pyridine rings is 1. The van der Waals surface area contributed by atoms with Gasteiger partial charge in [-0.05, 0) is 18.1 Å². The average molecular weight is 276 g/mol. The van der Waals surface area contributed by atoms with Crippen molar-refractivity contribution in [3.63, 3.8) is 0 Å². The third-order valence-electron chi connectivity index (χ3n) is 3.61. The summed E-state index contributed by atoms with van der Waals surface area (Å²) in [5.41, 5.74) is 0.507. The van der Waals surface area contributed by atoms with E-state index in [1.54, 1.807) is 18.3 Å². The molecule has 7 nitrogen and oxygen atoms in total. The van der Waals surface area contributed by atoms with Crippen molar-refractivity contribution in [3.05, 3.63) is 34.9 Å². The number of carbonyl (C=O) groups is 1. The first-order valence-electron chi connectivity index (χ1n) is 6.62. The van der Waals surface area contributed by atoms with Crippen molar-refractivity contribution in [3.8, 4) is 0 Å². The van der Waals surface area contributed by atoms with Gasteiger partial charge in [-0.2, -0.15) is 0 Å². The minimum atomic E-state index is -0.744. The van der Waals surface area contributed by atoms with Gasteiger partial charge in [0.15, 0.2) is 5.65 Å². The average Bonchev–Trinajstić information content (AvgIpc) is 2.69. The van der Waals surface area contributed by atoms with Crippen LogP contribution in [0.4, 0.5) is 0 Å². The molecule has 1 aliphatic rings. The van der Waals surface area contributed by atoms with Crippen LogP contribution in [0.1, 0.15) is 6.42 Å². The number of carboxylic acids is 1. The first kappa shape index (κ1) is 12.9. The van der Waals surface area contributed by atoms with Gasteiger partial charge in [0, 0.05) is 25.8 Å². The Morgan fingerprint density at radius 3 is 2.85 bits per heavy atom. The number of nitrogens with zero attached hydrogens (tertiary/aromatic N) is 4. The summed E-state index contributed by atoms with van der Waals surface area (Å²) >= 11 is 0. The van der Waals surface area contributed by atoms with E-state index in [2.05, 4.69) is 10.00 Å². The summed E-state index contributed by atoms with van der Waals surface area (Å²) in [6.45, 7) is 2.82. The van der Waals surface area contributed by atoms with Gasteiger partial charge in [0.05, 0.1) is 13.0 Å². The number of likely N-dealkylation sites (tertiary alicyclic amines) is 1. The maximum atomic E-state index is 12.0. The van der Waals surface area contributed by atoms with Gasteiger partial charge in [-0.15, -0.1) is 5.10 Å². The highest BCUT2D eigenvalue weighted by atomic mass is 16.4. The van der Waals surface area contributed by atoms with Gasteiger partial charge >= 0.3 is 11.7 Å². The van der Waals surface area contributed by atoms with Crippen molar-refractivity contribution in [1.29, 1.82) is 0 Å². The van der Waals surface area contributed by atoms with Crippen molar-refractivity contribution in [2.75, 3.05) is 19.6 Å². The first-order valence-corrected chi connectivity index (χ1v) is 6.62. The summed E-state index contributed by atoms with van der Waals surface area (Å²) < 4.78 is 2.98. The molecule has 1 fully saturated rings. The zero-order chi connectivity index (χ0) is 14.1. The molecule has 0 aliphatic carbocycles. The topological polar surface area (TPSA) is 79.8 Å². The molecule has 0 atom stereocenters. The Kier molecular flexibility index (Phi) is 3.27. The lowest BCUT2D eigenvalue weighted by molar-refractivity contribution is -0.139. The first-order chi connectivity index (χ1) is 9.63. The van der Waals surface area contributed by atoms with Crippen molar-refractivity contribution >= 4 is 11.6 Å². The molecule has 1 aliphatic heterocycles. The molecule has 0 radical (unpaired) electrons. The Morgan fingerprint density at radius 2 is 2.15 bits per heavy atom. The number of rotatable bonds is 5. The van der Waals surface area contributed by atoms with Crippen molar-refractivity contribution < 1.29 is 9.90 Å². The predicted octanol–water partition coefficient (Wildman–Crippen LogP) is -0.0975. The number of carboxylic acid groups (broad SMARTS) is 1. The summed E-state index contributed by atoms with van der Waals surface area (Å²) in [6.07, 6.45) is 1.93. The van der Waals surface area contributed by atoms with Crippen molar-refractivity contribution in [1.82, 2.24) is 19.1 Å². The van der Waals surface area contributed by atoms with E-state index in [0.717, 1.165) is 19.6 Å². The molecule has 1 saturated heterocycles. The highest BCUT2D eigenvalue weighted by molar-refractivity contribution is 5.67. The van der Waals surface area contributed by atoms with E-state index >= 15 is 0 Å². The molecule has 3 heterocycles. The molecular formula is C13H16N4O3. The molecule has 20 heavy (non-hydrogen) atoms. The highest BCUT2D eigenvalue weighted by Crippen LogP contribution is 2.18. The smallest absolute Gasteiger partial charge is 0.350 e. The highest BCUT2D eigenvalue weighted by Gasteiger charge is 2.28. The van der Waals surface area contributed by atoms with Gasteiger partial charge in [0.1, 0.15) is 0 Å². The minimum Gasteiger partial charge on any atom is -0.481 e. The third kappa shape index (κ3) is 2.44. The molecule has 1 N–H and O–H groups in total. The van der Waals surface area contributed by atoms with Gasteiger partial charge in [0.25, 0.3) is 0 Å². The van der Waals surface area contributed by atoms with Crippen LogP contribution in [0.25, 0.3) is 5.65 Å². The molecule has 0 saturated carbocycles. The number of hydrogen-bond donors (Lipinski definition) is 1. The SMILES string of the molecule is O=C(O)CC1CN(CCn2nc3ccccn3c2=O)C1. The normalized spacial score (nSPS) is 16.4. The number of aliphatic carboxylic acids is 1. The summed E-state index contributed by atoms with van der Waals surface area (Å²) in [4.78, 5) is 24.7. The van der Waals surface area contributed by atoms with Crippen LogP contribution >= 0.6 is 0 Å². The second-order valence-corrected chi connectivity index (χ2v) is 5.16. The van der Waals surface area contributed by atoms with Gasteiger partial charge in [0.2, 0.25) is 0 Å². The third-order valence-corrected chi connectivity index (χ3v) is 3.61. The van der Waals surface area contributed by atoms with E-state index in [4.69, 9.17) is 5.11 Å². The van der Waals surface area contributed by atoms with Crippen LogP contribution in [0, 0.1) is 5.92 Å². The quantitative estimate of drug-likeness (QED) is 0.825. The molecule has 0 bridgehead atoms. The Morgan fingerprint density at radius 1 is 1.35 bits per heavy atom. The summed E-state index contributed by atoms with van der Waals surface area (Å²) in [5, 5.41) is 12.9. The van der Waals surface area contributed by atoms with E-state index in [9.17, 15) is 9.59 Å². The summed E-state index contributed by atoms with van der Waals surface area (Å²) in [7, 11) is 0. The lowest BCUT2D eigenvalue weighted by atomic mass is 9.97. The second-order valence-electron chi connectivity index (χ2n) is 5.16. The Labute approximate surface area is 115 Å². The van der Waals surface area contributed by atoms with Gasteiger partial charge in [-0.1, -0.05) is 6.07 Å². The van der Waals surface area contributed by atoms with Crippen molar-refractivity contribution in [2.45, 2.75) is 13.0 Å². The van der Waals surface area contributed by atoms with Crippen LogP contribution < -0.4 is 5.69 Å². The lowest BCUT2D eigenvalue weighted by Gasteiger charge is -2.38. The fourth-order valence-electron chi connectivity index (χ4n) is 2.59.